The summed E-state index contributed by atoms with van der Waals surface area (Å²) in [5, 5.41) is 9.11. The van der Waals surface area contributed by atoms with Gasteiger partial charge < -0.3 is 5.11 Å². The second kappa shape index (κ2) is 5.49. The van der Waals surface area contributed by atoms with Crippen LogP contribution < -0.4 is 0 Å². The molecule has 1 N–H and O–H groups in total. The molecule has 0 aromatic carbocycles. The first-order valence-electron chi connectivity index (χ1n) is 6.46. The number of aliphatic carboxylic acids is 1. The van der Waals surface area contributed by atoms with Gasteiger partial charge in [0.2, 0.25) is 10.0 Å². The highest BCUT2D eigenvalue weighted by molar-refractivity contribution is 7.89. The molecule has 1 aliphatic heterocycles. The van der Waals surface area contributed by atoms with Crippen LogP contribution in [-0.4, -0.2) is 41.9 Å². The average Bonchev–Trinajstić information content (AvgIpc) is 2.38. The smallest absolute Gasteiger partial charge is 0.307 e. The first-order chi connectivity index (χ1) is 9.30. The van der Waals surface area contributed by atoms with Gasteiger partial charge >= 0.3 is 5.97 Å². The molecule has 2 atom stereocenters. The molecule has 20 heavy (non-hydrogen) atoms. The Labute approximate surface area is 118 Å². The summed E-state index contributed by atoms with van der Waals surface area (Å²) in [6, 6.07) is 3.14. The SMILES string of the molecule is Cc1ccc(S(=O)(=O)N2CC(C)CC(C(=O)O)C2)cn1. The maximum absolute atomic E-state index is 12.5. The molecule has 0 aliphatic carbocycles. The molecule has 0 radical (unpaired) electrons. The predicted molar refractivity (Wildman–Crippen MR) is 72.6 cm³/mol. The van der Waals surface area contributed by atoms with Crippen molar-refractivity contribution < 1.29 is 18.3 Å². The molecule has 0 saturated carbocycles. The fourth-order valence-electron chi connectivity index (χ4n) is 2.43. The van der Waals surface area contributed by atoms with Crippen molar-refractivity contribution in [2.45, 2.75) is 25.2 Å². The number of piperidine rings is 1. The number of carbonyl (C=O) groups is 1. The van der Waals surface area contributed by atoms with Gasteiger partial charge in [-0.25, -0.2) is 8.42 Å². The van der Waals surface area contributed by atoms with E-state index in [0.29, 0.717) is 13.0 Å². The van der Waals surface area contributed by atoms with Crippen molar-refractivity contribution in [2.75, 3.05) is 13.1 Å². The molecule has 110 valence electrons. The number of carboxylic acid groups (broad SMARTS) is 1. The number of pyridine rings is 1. The lowest BCUT2D eigenvalue weighted by atomic mass is 9.92. The van der Waals surface area contributed by atoms with Crippen molar-refractivity contribution in [3.8, 4) is 0 Å². The van der Waals surface area contributed by atoms with Crippen LogP contribution in [0.15, 0.2) is 23.2 Å². The molecular formula is C13H18N2O4S. The summed E-state index contributed by atoms with van der Waals surface area (Å²) in [4.78, 5) is 15.2. The van der Waals surface area contributed by atoms with Gasteiger partial charge in [0.1, 0.15) is 4.90 Å². The maximum Gasteiger partial charge on any atom is 0.307 e. The molecule has 6 nitrogen and oxygen atoms in total. The Kier molecular flexibility index (Phi) is 4.10. The van der Waals surface area contributed by atoms with Crippen molar-refractivity contribution in [1.29, 1.82) is 0 Å². The molecule has 0 amide bonds. The van der Waals surface area contributed by atoms with E-state index in [1.807, 2.05) is 6.92 Å². The topological polar surface area (TPSA) is 87.6 Å². The van der Waals surface area contributed by atoms with Crippen LogP contribution >= 0.6 is 0 Å². The normalized spacial score (nSPS) is 24.5. The van der Waals surface area contributed by atoms with Gasteiger partial charge in [-0.1, -0.05) is 6.92 Å². The van der Waals surface area contributed by atoms with Gasteiger partial charge in [0.05, 0.1) is 5.92 Å². The molecule has 0 bridgehead atoms. The van der Waals surface area contributed by atoms with Crippen molar-refractivity contribution in [2.24, 2.45) is 11.8 Å². The molecule has 1 aromatic rings. The van der Waals surface area contributed by atoms with E-state index in [9.17, 15) is 13.2 Å². The van der Waals surface area contributed by atoms with E-state index in [4.69, 9.17) is 5.11 Å². The van der Waals surface area contributed by atoms with E-state index >= 15 is 0 Å². The Hall–Kier alpha value is -1.47. The highest BCUT2D eigenvalue weighted by Gasteiger charge is 2.36. The number of sulfonamides is 1. The molecule has 0 spiro atoms. The van der Waals surface area contributed by atoms with Crippen molar-refractivity contribution in [1.82, 2.24) is 9.29 Å². The van der Waals surface area contributed by atoms with Gasteiger partial charge in [0.25, 0.3) is 0 Å². The van der Waals surface area contributed by atoms with Crippen LogP contribution in [0.25, 0.3) is 0 Å². The van der Waals surface area contributed by atoms with Gasteiger partial charge in [-0.2, -0.15) is 4.31 Å². The molecule has 1 saturated heterocycles. The minimum absolute atomic E-state index is 0.0237. The summed E-state index contributed by atoms with van der Waals surface area (Å²) in [6.07, 6.45) is 1.83. The summed E-state index contributed by atoms with van der Waals surface area (Å²) in [6.45, 7) is 4.01. The van der Waals surface area contributed by atoms with E-state index in [2.05, 4.69) is 4.98 Å². The Morgan fingerprint density at radius 3 is 2.65 bits per heavy atom. The Balaban J connectivity index is 2.28. The second-order valence-electron chi connectivity index (χ2n) is 5.33. The van der Waals surface area contributed by atoms with Gasteiger partial charge in [0, 0.05) is 25.0 Å². The molecule has 2 rings (SSSR count). The summed E-state index contributed by atoms with van der Waals surface area (Å²) in [5.74, 6) is -1.57. The van der Waals surface area contributed by atoms with Crippen LogP contribution in [0.4, 0.5) is 0 Å². The van der Waals surface area contributed by atoms with E-state index in [1.165, 1.54) is 16.6 Å². The molecule has 7 heteroatoms. The van der Waals surface area contributed by atoms with Crippen LogP contribution in [-0.2, 0) is 14.8 Å². The van der Waals surface area contributed by atoms with E-state index in [0.717, 1.165) is 5.69 Å². The predicted octanol–water partition coefficient (Wildman–Crippen LogP) is 1.12. The number of hydrogen-bond donors (Lipinski definition) is 1. The van der Waals surface area contributed by atoms with Gasteiger partial charge in [-0.05, 0) is 31.4 Å². The highest BCUT2D eigenvalue weighted by Crippen LogP contribution is 2.26. The fraction of sp³-hybridized carbons (Fsp3) is 0.538. The van der Waals surface area contributed by atoms with E-state index in [-0.39, 0.29) is 17.4 Å². The Morgan fingerprint density at radius 2 is 2.10 bits per heavy atom. The molecule has 1 aliphatic rings. The summed E-state index contributed by atoms with van der Waals surface area (Å²) >= 11 is 0. The summed E-state index contributed by atoms with van der Waals surface area (Å²) < 4.78 is 26.3. The van der Waals surface area contributed by atoms with Gasteiger partial charge in [0.15, 0.2) is 0 Å². The van der Waals surface area contributed by atoms with Crippen molar-refractivity contribution >= 4 is 16.0 Å². The Bertz CT molecular complexity index is 597. The molecular weight excluding hydrogens is 280 g/mol. The van der Waals surface area contributed by atoms with Crippen LogP contribution in [0.3, 0.4) is 0 Å². The third kappa shape index (κ3) is 2.99. The lowest BCUT2D eigenvalue weighted by molar-refractivity contribution is -0.143. The largest absolute Gasteiger partial charge is 0.481 e. The second-order valence-corrected chi connectivity index (χ2v) is 7.27. The third-order valence-electron chi connectivity index (χ3n) is 3.50. The van der Waals surface area contributed by atoms with Gasteiger partial charge in [-0.3, -0.25) is 9.78 Å². The molecule has 1 aromatic heterocycles. The molecule has 2 unspecified atom stereocenters. The van der Waals surface area contributed by atoms with Crippen LogP contribution in [0, 0.1) is 18.8 Å². The van der Waals surface area contributed by atoms with Crippen LogP contribution in [0.2, 0.25) is 0 Å². The zero-order valence-electron chi connectivity index (χ0n) is 11.5. The number of carboxylic acids is 1. The zero-order valence-corrected chi connectivity index (χ0v) is 12.3. The van der Waals surface area contributed by atoms with Crippen molar-refractivity contribution in [3.05, 3.63) is 24.0 Å². The fourth-order valence-corrected chi connectivity index (χ4v) is 3.98. The molecule has 1 fully saturated rings. The first-order valence-corrected chi connectivity index (χ1v) is 7.90. The minimum atomic E-state index is -3.67. The quantitative estimate of drug-likeness (QED) is 0.903. The lowest BCUT2D eigenvalue weighted by Crippen LogP contribution is -2.45. The Morgan fingerprint density at radius 1 is 1.40 bits per heavy atom. The van der Waals surface area contributed by atoms with Crippen LogP contribution in [0.5, 0.6) is 0 Å². The number of aryl methyl sites for hydroxylation is 1. The summed E-state index contributed by atoms with van der Waals surface area (Å²) in [5.41, 5.74) is 0.736. The van der Waals surface area contributed by atoms with E-state index < -0.39 is 21.9 Å². The van der Waals surface area contributed by atoms with Crippen molar-refractivity contribution in [3.63, 3.8) is 0 Å². The lowest BCUT2D eigenvalue weighted by Gasteiger charge is -2.33. The molecule has 2 heterocycles. The zero-order chi connectivity index (χ0) is 14.9. The third-order valence-corrected chi connectivity index (χ3v) is 5.31. The van der Waals surface area contributed by atoms with Crippen LogP contribution in [0.1, 0.15) is 19.0 Å². The number of rotatable bonds is 3. The minimum Gasteiger partial charge on any atom is -0.481 e. The van der Waals surface area contributed by atoms with Gasteiger partial charge in [-0.15, -0.1) is 0 Å². The standard InChI is InChI=1S/C13H18N2O4S/c1-9-5-11(13(16)17)8-15(7-9)20(18,19)12-4-3-10(2)14-6-12/h3-4,6,9,11H,5,7-8H2,1-2H3,(H,16,17). The summed E-state index contributed by atoms with van der Waals surface area (Å²) in [7, 11) is -3.67. The van der Waals surface area contributed by atoms with E-state index in [1.54, 1.807) is 13.0 Å². The highest BCUT2D eigenvalue weighted by atomic mass is 32.2. The average molecular weight is 298 g/mol. The maximum atomic E-state index is 12.5. The number of nitrogens with zero attached hydrogens (tertiary/aromatic N) is 2. The number of hydrogen-bond acceptors (Lipinski definition) is 4. The first kappa shape index (κ1) is 14.9. The monoisotopic (exact) mass is 298 g/mol. The number of aromatic nitrogens is 1.